The minimum Gasteiger partial charge on any atom is -0.464 e. The number of rotatable bonds is 7. The fourth-order valence-electron chi connectivity index (χ4n) is 2.40. The smallest absolute Gasteiger partial charge is 0.338 e. The van der Waals surface area contributed by atoms with Crippen LogP contribution in [-0.4, -0.2) is 44.0 Å². The number of hydrogen-bond acceptors (Lipinski definition) is 7. The lowest BCUT2D eigenvalue weighted by molar-refractivity contribution is -0.351. The van der Waals surface area contributed by atoms with Gasteiger partial charge in [-0.1, -0.05) is 30.3 Å². The number of esters is 2. The summed E-state index contributed by atoms with van der Waals surface area (Å²) in [6, 6.07) is 8.83. The van der Waals surface area contributed by atoms with Gasteiger partial charge in [-0.3, -0.25) is 0 Å². The van der Waals surface area contributed by atoms with Crippen LogP contribution in [0.3, 0.4) is 0 Å². The fraction of sp³-hybridized carbons (Fsp3) is 0.529. The molecule has 0 N–H and O–H groups in total. The highest BCUT2D eigenvalue weighted by molar-refractivity contribution is 5.86. The lowest BCUT2D eigenvalue weighted by Crippen LogP contribution is -2.39. The van der Waals surface area contributed by atoms with Gasteiger partial charge in [0.2, 0.25) is 0 Å². The van der Waals surface area contributed by atoms with Crippen LogP contribution >= 0.6 is 0 Å². The molecule has 1 aromatic rings. The zero-order valence-corrected chi connectivity index (χ0v) is 14.0. The molecule has 1 heterocycles. The van der Waals surface area contributed by atoms with E-state index in [2.05, 4.69) is 0 Å². The average molecular weight is 338 g/mol. The van der Waals surface area contributed by atoms with Crippen LogP contribution in [0, 0.1) is 0 Å². The molecule has 0 unspecified atom stereocenters. The third-order valence-electron chi connectivity index (χ3n) is 3.34. The Kier molecular flexibility index (Phi) is 6.30. The zero-order valence-electron chi connectivity index (χ0n) is 14.0. The van der Waals surface area contributed by atoms with Crippen LogP contribution < -0.4 is 0 Å². The molecule has 0 amide bonds. The number of carbonyl (C=O) groups is 2. The van der Waals surface area contributed by atoms with Crippen molar-refractivity contribution in [2.45, 2.75) is 39.0 Å². The minimum absolute atomic E-state index is 0.154. The van der Waals surface area contributed by atoms with Crippen LogP contribution in [0.4, 0.5) is 0 Å². The van der Waals surface area contributed by atoms with E-state index in [1.165, 1.54) is 0 Å². The monoisotopic (exact) mass is 338 g/mol. The first kappa shape index (κ1) is 18.4. The van der Waals surface area contributed by atoms with Crippen molar-refractivity contribution in [2.75, 3.05) is 19.8 Å². The SMILES string of the molecule is CCOC(=O)[C@@H]1OC(OCC)(c2ccccc2)O[C@H]1C(=O)OCC. The Balaban J connectivity index is 2.36. The van der Waals surface area contributed by atoms with E-state index in [9.17, 15) is 9.59 Å². The molecule has 2 atom stereocenters. The Bertz CT molecular complexity index is 531. The molecular formula is C17H22O7. The van der Waals surface area contributed by atoms with Crippen molar-refractivity contribution >= 4 is 11.9 Å². The summed E-state index contributed by atoms with van der Waals surface area (Å²) in [6.45, 7) is 5.65. The van der Waals surface area contributed by atoms with Crippen LogP contribution in [0.25, 0.3) is 0 Å². The highest BCUT2D eigenvalue weighted by Gasteiger charge is 2.57. The van der Waals surface area contributed by atoms with Gasteiger partial charge in [0.15, 0.2) is 12.2 Å². The molecular weight excluding hydrogens is 316 g/mol. The van der Waals surface area contributed by atoms with Crippen molar-refractivity contribution in [1.29, 1.82) is 0 Å². The first-order chi connectivity index (χ1) is 11.6. The van der Waals surface area contributed by atoms with Crippen molar-refractivity contribution in [3.05, 3.63) is 35.9 Å². The Morgan fingerprint density at radius 1 is 0.917 bits per heavy atom. The Hall–Kier alpha value is -1.96. The summed E-state index contributed by atoms with van der Waals surface area (Å²) in [5, 5.41) is 0. The van der Waals surface area contributed by atoms with Crippen LogP contribution in [0.5, 0.6) is 0 Å². The van der Waals surface area contributed by atoms with Crippen LogP contribution in [0.1, 0.15) is 26.3 Å². The molecule has 2 rings (SSSR count). The predicted molar refractivity (Wildman–Crippen MR) is 82.8 cm³/mol. The molecule has 1 aliphatic heterocycles. The first-order valence-electron chi connectivity index (χ1n) is 7.96. The van der Waals surface area contributed by atoms with Crippen molar-refractivity contribution < 1.29 is 33.3 Å². The number of carbonyl (C=O) groups excluding carboxylic acids is 2. The van der Waals surface area contributed by atoms with E-state index in [0.717, 1.165) is 0 Å². The maximum absolute atomic E-state index is 12.2. The second kappa shape index (κ2) is 8.23. The largest absolute Gasteiger partial charge is 0.464 e. The van der Waals surface area contributed by atoms with Gasteiger partial charge in [0.05, 0.1) is 13.2 Å². The molecule has 0 aromatic heterocycles. The molecule has 1 aromatic carbocycles. The standard InChI is InChI=1S/C17H22O7/c1-4-20-15(18)13-14(16(19)21-5-2)24-17(23-13,22-6-3)12-10-8-7-9-11-12/h7-11,13-14H,4-6H2,1-3H3/t13-,14-/m1/s1. The van der Waals surface area contributed by atoms with E-state index in [-0.39, 0.29) is 19.8 Å². The van der Waals surface area contributed by atoms with Crippen molar-refractivity contribution in [3.63, 3.8) is 0 Å². The number of hydrogen-bond donors (Lipinski definition) is 0. The molecule has 132 valence electrons. The summed E-state index contributed by atoms with van der Waals surface area (Å²) >= 11 is 0. The van der Waals surface area contributed by atoms with E-state index < -0.39 is 30.1 Å². The normalized spacial score (nSPS) is 22.1. The summed E-state index contributed by atoms with van der Waals surface area (Å²) in [5.41, 5.74) is 0.535. The van der Waals surface area contributed by atoms with Gasteiger partial charge in [-0.15, -0.1) is 0 Å². The van der Waals surface area contributed by atoms with Gasteiger partial charge < -0.3 is 23.7 Å². The topological polar surface area (TPSA) is 80.3 Å². The summed E-state index contributed by atoms with van der Waals surface area (Å²) in [5.74, 6) is -3.06. The van der Waals surface area contributed by atoms with Crippen molar-refractivity contribution in [3.8, 4) is 0 Å². The van der Waals surface area contributed by atoms with Crippen LogP contribution in [0.15, 0.2) is 30.3 Å². The molecule has 1 aliphatic rings. The number of benzene rings is 1. The van der Waals surface area contributed by atoms with Crippen molar-refractivity contribution in [2.24, 2.45) is 0 Å². The third-order valence-corrected chi connectivity index (χ3v) is 3.34. The van der Waals surface area contributed by atoms with Gasteiger partial charge in [-0.2, -0.15) is 0 Å². The van der Waals surface area contributed by atoms with Gasteiger partial charge in [0.1, 0.15) is 0 Å². The third kappa shape index (κ3) is 3.75. The number of ether oxygens (including phenoxy) is 5. The first-order valence-corrected chi connectivity index (χ1v) is 7.96. The van der Waals surface area contributed by atoms with Crippen LogP contribution in [-0.2, 0) is 39.2 Å². The second-order valence-corrected chi connectivity index (χ2v) is 4.94. The van der Waals surface area contributed by atoms with E-state index >= 15 is 0 Å². The van der Waals surface area contributed by atoms with E-state index in [1.807, 2.05) is 6.07 Å². The Labute approximate surface area is 140 Å². The molecule has 1 saturated heterocycles. The lowest BCUT2D eigenvalue weighted by atomic mass is 10.2. The van der Waals surface area contributed by atoms with Gasteiger partial charge >= 0.3 is 17.9 Å². The minimum atomic E-state index is -1.66. The van der Waals surface area contributed by atoms with Crippen molar-refractivity contribution in [1.82, 2.24) is 0 Å². The van der Waals surface area contributed by atoms with Gasteiger partial charge in [-0.25, -0.2) is 9.59 Å². The molecule has 7 nitrogen and oxygen atoms in total. The molecule has 7 heteroatoms. The summed E-state index contributed by atoms with van der Waals surface area (Å²) in [6.07, 6.45) is -2.54. The molecule has 0 spiro atoms. The molecule has 0 aliphatic carbocycles. The molecule has 0 radical (unpaired) electrons. The Morgan fingerprint density at radius 2 is 1.42 bits per heavy atom. The summed E-state index contributed by atoms with van der Waals surface area (Å²) in [4.78, 5) is 24.4. The molecule has 24 heavy (non-hydrogen) atoms. The average Bonchev–Trinajstić information content (AvgIpc) is 2.98. The van der Waals surface area contributed by atoms with E-state index in [4.69, 9.17) is 23.7 Å². The second-order valence-electron chi connectivity index (χ2n) is 4.94. The maximum atomic E-state index is 12.2. The lowest BCUT2D eigenvalue weighted by Gasteiger charge is -2.27. The quantitative estimate of drug-likeness (QED) is 0.701. The van der Waals surface area contributed by atoms with E-state index in [0.29, 0.717) is 5.56 Å². The Morgan fingerprint density at radius 3 is 1.83 bits per heavy atom. The zero-order chi connectivity index (χ0) is 17.6. The highest BCUT2D eigenvalue weighted by Crippen LogP contribution is 2.39. The maximum Gasteiger partial charge on any atom is 0.338 e. The van der Waals surface area contributed by atoms with E-state index in [1.54, 1.807) is 45.0 Å². The fourth-order valence-corrected chi connectivity index (χ4v) is 2.40. The summed E-state index contributed by atoms with van der Waals surface area (Å²) in [7, 11) is 0. The van der Waals surface area contributed by atoms with Gasteiger partial charge in [0, 0.05) is 12.2 Å². The van der Waals surface area contributed by atoms with Gasteiger partial charge in [-0.05, 0) is 20.8 Å². The molecule has 0 bridgehead atoms. The van der Waals surface area contributed by atoms with Crippen LogP contribution in [0.2, 0.25) is 0 Å². The molecule has 1 fully saturated rings. The van der Waals surface area contributed by atoms with Gasteiger partial charge in [0.25, 0.3) is 0 Å². The predicted octanol–water partition coefficient (Wildman–Crippen LogP) is 1.74. The summed E-state index contributed by atoms with van der Waals surface area (Å²) < 4.78 is 27.1. The molecule has 0 saturated carbocycles. The highest BCUT2D eigenvalue weighted by atomic mass is 16.9.